The number of hydrogen-bond acceptors (Lipinski definition) is 3. The Morgan fingerprint density at radius 1 is 1.38 bits per heavy atom. The van der Waals surface area contributed by atoms with E-state index in [1.54, 1.807) is 11.3 Å². The summed E-state index contributed by atoms with van der Waals surface area (Å²) in [5.74, 6) is 0.798. The highest BCUT2D eigenvalue weighted by atomic mass is 32.1. The lowest BCUT2D eigenvalue weighted by molar-refractivity contribution is 0.0934. The number of aryl methyl sites for hydroxylation is 1. The van der Waals surface area contributed by atoms with Gasteiger partial charge in [0.15, 0.2) is 0 Å². The second-order valence-electron chi connectivity index (χ2n) is 6.15. The Bertz CT molecular complexity index is 715. The standard InChI is InChI=1S/C16H19N3OS/c1-9-5-6-10-12(8-9)21-16-13(10)15(20)17-14(18-16)11-4-3-7-19(11)2/h3-4,7,9,14,18H,5-6,8H2,1-2H3,(H,17,20)/t9-,14-/m1/s1. The van der Waals surface area contributed by atoms with Crippen LogP contribution >= 0.6 is 11.3 Å². The van der Waals surface area contributed by atoms with Gasteiger partial charge in [-0.05, 0) is 42.9 Å². The van der Waals surface area contributed by atoms with Crippen molar-refractivity contribution in [1.29, 1.82) is 0 Å². The maximum Gasteiger partial charge on any atom is 0.256 e. The Labute approximate surface area is 128 Å². The van der Waals surface area contributed by atoms with Gasteiger partial charge < -0.3 is 15.2 Å². The summed E-state index contributed by atoms with van der Waals surface area (Å²) in [6, 6.07) is 4.04. The second-order valence-corrected chi connectivity index (χ2v) is 7.26. The van der Waals surface area contributed by atoms with Crippen LogP contribution in [0.4, 0.5) is 5.00 Å². The minimum Gasteiger partial charge on any atom is -0.351 e. The quantitative estimate of drug-likeness (QED) is 0.850. The Morgan fingerprint density at radius 2 is 2.24 bits per heavy atom. The SMILES string of the molecule is C[C@@H]1CCc2c(sc3c2C(=O)N[C@@H](c2cccn2C)N3)C1. The van der Waals surface area contributed by atoms with E-state index < -0.39 is 0 Å². The number of rotatable bonds is 1. The van der Waals surface area contributed by atoms with Crippen molar-refractivity contribution in [2.75, 3.05) is 5.32 Å². The third-order valence-corrected chi connectivity index (χ3v) is 5.75. The molecular weight excluding hydrogens is 282 g/mol. The van der Waals surface area contributed by atoms with E-state index in [0.29, 0.717) is 0 Å². The first-order valence-corrected chi connectivity index (χ1v) is 8.28. The zero-order chi connectivity index (χ0) is 14.6. The molecule has 2 aromatic rings. The summed E-state index contributed by atoms with van der Waals surface area (Å²) < 4.78 is 2.04. The fourth-order valence-electron chi connectivity index (χ4n) is 3.39. The molecule has 3 heterocycles. The normalized spacial score (nSPS) is 24.0. The number of aromatic nitrogens is 1. The van der Waals surface area contributed by atoms with Crippen molar-refractivity contribution >= 4 is 22.2 Å². The lowest BCUT2D eigenvalue weighted by atomic mass is 9.88. The van der Waals surface area contributed by atoms with Gasteiger partial charge in [-0.1, -0.05) is 6.92 Å². The smallest absolute Gasteiger partial charge is 0.256 e. The van der Waals surface area contributed by atoms with Crippen molar-refractivity contribution in [3.63, 3.8) is 0 Å². The van der Waals surface area contributed by atoms with Gasteiger partial charge in [-0.25, -0.2) is 0 Å². The molecule has 1 aliphatic carbocycles. The number of nitrogens with zero attached hydrogens (tertiary/aromatic N) is 1. The van der Waals surface area contributed by atoms with Crippen molar-refractivity contribution in [3.8, 4) is 0 Å². The monoisotopic (exact) mass is 301 g/mol. The highest BCUT2D eigenvalue weighted by molar-refractivity contribution is 7.16. The minimum absolute atomic E-state index is 0.0713. The molecular formula is C16H19N3OS. The highest BCUT2D eigenvalue weighted by Crippen LogP contribution is 2.42. The van der Waals surface area contributed by atoms with E-state index in [2.05, 4.69) is 17.6 Å². The highest BCUT2D eigenvalue weighted by Gasteiger charge is 2.33. The Kier molecular flexibility index (Phi) is 2.85. The number of thiophene rings is 1. The van der Waals surface area contributed by atoms with Gasteiger partial charge in [-0.2, -0.15) is 0 Å². The van der Waals surface area contributed by atoms with Gasteiger partial charge in [-0.3, -0.25) is 4.79 Å². The maximum absolute atomic E-state index is 12.6. The summed E-state index contributed by atoms with van der Waals surface area (Å²) in [4.78, 5) is 14.0. The van der Waals surface area contributed by atoms with E-state index in [1.165, 1.54) is 16.9 Å². The molecule has 2 atom stereocenters. The predicted octanol–water partition coefficient (Wildman–Crippen LogP) is 3.07. The Hall–Kier alpha value is -1.75. The van der Waals surface area contributed by atoms with Crippen LogP contribution in [0.1, 0.15) is 46.0 Å². The van der Waals surface area contributed by atoms with Gasteiger partial charge in [0.1, 0.15) is 11.2 Å². The molecule has 4 rings (SSSR count). The van der Waals surface area contributed by atoms with Crippen LogP contribution in [0, 0.1) is 5.92 Å². The fraction of sp³-hybridized carbons (Fsp3) is 0.438. The van der Waals surface area contributed by atoms with Crippen LogP contribution in [-0.2, 0) is 19.9 Å². The van der Waals surface area contributed by atoms with Crippen molar-refractivity contribution in [1.82, 2.24) is 9.88 Å². The first-order valence-electron chi connectivity index (χ1n) is 7.46. The lowest BCUT2D eigenvalue weighted by Gasteiger charge is -2.27. The molecule has 5 heteroatoms. The predicted molar refractivity (Wildman–Crippen MR) is 84.8 cm³/mol. The number of amides is 1. The first-order chi connectivity index (χ1) is 10.1. The van der Waals surface area contributed by atoms with Crippen LogP contribution in [0.5, 0.6) is 0 Å². The van der Waals surface area contributed by atoms with E-state index in [-0.39, 0.29) is 12.1 Å². The molecule has 0 aromatic carbocycles. The maximum atomic E-state index is 12.6. The van der Waals surface area contributed by atoms with Gasteiger partial charge in [-0.15, -0.1) is 11.3 Å². The van der Waals surface area contributed by atoms with E-state index in [0.717, 1.165) is 35.0 Å². The molecule has 0 bridgehead atoms. The van der Waals surface area contributed by atoms with Gasteiger partial charge in [0.2, 0.25) is 0 Å². The topological polar surface area (TPSA) is 46.1 Å². The van der Waals surface area contributed by atoms with E-state index in [4.69, 9.17) is 0 Å². The van der Waals surface area contributed by atoms with Crippen molar-refractivity contribution < 1.29 is 4.79 Å². The molecule has 4 nitrogen and oxygen atoms in total. The van der Waals surface area contributed by atoms with Crippen LogP contribution < -0.4 is 10.6 Å². The fourth-order valence-corrected chi connectivity index (χ4v) is 4.82. The van der Waals surface area contributed by atoms with Crippen molar-refractivity contribution in [3.05, 3.63) is 40.0 Å². The van der Waals surface area contributed by atoms with E-state index >= 15 is 0 Å². The average Bonchev–Trinajstić information content (AvgIpc) is 3.01. The number of anilines is 1. The lowest BCUT2D eigenvalue weighted by Crippen LogP contribution is -2.39. The summed E-state index contributed by atoms with van der Waals surface area (Å²) in [5, 5.41) is 7.65. The van der Waals surface area contributed by atoms with E-state index in [9.17, 15) is 4.79 Å². The molecule has 0 fully saturated rings. The summed E-state index contributed by atoms with van der Waals surface area (Å²) >= 11 is 1.77. The van der Waals surface area contributed by atoms with Crippen molar-refractivity contribution in [2.45, 2.75) is 32.4 Å². The number of fused-ring (bicyclic) bond motifs is 3. The summed E-state index contributed by atoms with van der Waals surface area (Å²) in [6.45, 7) is 2.29. The average molecular weight is 301 g/mol. The third-order valence-electron chi connectivity index (χ3n) is 4.57. The zero-order valence-corrected chi connectivity index (χ0v) is 13.1. The molecule has 0 spiro atoms. The number of carbonyl (C=O) groups is 1. The summed E-state index contributed by atoms with van der Waals surface area (Å²) in [6.07, 6.45) is 5.19. The molecule has 1 amide bonds. The molecule has 110 valence electrons. The molecule has 2 aliphatic rings. The molecule has 0 radical (unpaired) electrons. The van der Waals surface area contributed by atoms with Crippen LogP contribution in [0.3, 0.4) is 0 Å². The third kappa shape index (κ3) is 1.99. The molecule has 21 heavy (non-hydrogen) atoms. The molecule has 1 aliphatic heterocycles. The zero-order valence-electron chi connectivity index (χ0n) is 12.3. The van der Waals surface area contributed by atoms with Crippen LogP contribution in [0.2, 0.25) is 0 Å². The van der Waals surface area contributed by atoms with Gasteiger partial charge in [0.05, 0.1) is 11.3 Å². The molecule has 0 saturated carbocycles. The number of nitrogens with one attached hydrogen (secondary N) is 2. The summed E-state index contributed by atoms with van der Waals surface area (Å²) in [5.41, 5.74) is 3.25. The minimum atomic E-state index is -0.137. The molecule has 2 aromatic heterocycles. The van der Waals surface area contributed by atoms with Crippen LogP contribution in [-0.4, -0.2) is 10.5 Å². The second kappa shape index (κ2) is 4.63. The molecule has 0 unspecified atom stereocenters. The number of hydrogen-bond donors (Lipinski definition) is 2. The van der Waals surface area contributed by atoms with Crippen LogP contribution in [0.15, 0.2) is 18.3 Å². The van der Waals surface area contributed by atoms with Gasteiger partial charge >= 0.3 is 0 Å². The first kappa shape index (κ1) is 13.0. The van der Waals surface area contributed by atoms with E-state index in [1.807, 2.05) is 29.9 Å². The van der Waals surface area contributed by atoms with Crippen LogP contribution in [0.25, 0.3) is 0 Å². The number of carbonyl (C=O) groups excluding carboxylic acids is 1. The molecule has 2 N–H and O–H groups in total. The van der Waals surface area contributed by atoms with Gasteiger partial charge in [0.25, 0.3) is 5.91 Å². The Balaban J connectivity index is 1.73. The largest absolute Gasteiger partial charge is 0.351 e. The van der Waals surface area contributed by atoms with Crippen molar-refractivity contribution in [2.24, 2.45) is 13.0 Å². The van der Waals surface area contributed by atoms with Gasteiger partial charge in [0, 0.05) is 18.1 Å². The Morgan fingerprint density at radius 3 is 3.00 bits per heavy atom. The summed E-state index contributed by atoms with van der Waals surface area (Å²) in [7, 11) is 2.00. The molecule has 0 saturated heterocycles.